The van der Waals surface area contributed by atoms with Crippen molar-refractivity contribution in [3.63, 3.8) is 0 Å². The number of hydrogen-bond acceptors (Lipinski definition) is 8. The molecule has 1 aromatic heterocycles. The molecule has 0 spiro atoms. The fourth-order valence-electron chi connectivity index (χ4n) is 4.16. The summed E-state index contributed by atoms with van der Waals surface area (Å²) in [7, 11) is -4.04. The molecule has 1 unspecified atom stereocenters. The van der Waals surface area contributed by atoms with Gasteiger partial charge in [0.15, 0.2) is 5.25 Å². The van der Waals surface area contributed by atoms with Gasteiger partial charge in [0, 0.05) is 17.2 Å². The highest BCUT2D eigenvalue weighted by atomic mass is 32.2. The zero-order valence-electron chi connectivity index (χ0n) is 20.1. The lowest BCUT2D eigenvalue weighted by atomic mass is 9.85. The van der Waals surface area contributed by atoms with Crippen LogP contribution in [0.3, 0.4) is 0 Å². The van der Waals surface area contributed by atoms with Crippen molar-refractivity contribution in [2.24, 2.45) is 0 Å². The molecule has 0 radical (unpaired) electrons. The van der Waals surface area contributed by atoms with E-state index in [1.165, 1.54) is 11.3 Å². The summed E-state index contributed by atoms with van der Waals surface area (Å²) in [6.45, 7) is 4.95. The van der Waals surface area contributed by atoms with Crippen molar-refractivity contribution in [1.82, 2.24) is 14.9 Å². The normalized spacial score (nSPS) is 16.2. The summed E-state index contributed by atoms with van der Waals surface area (Å²) >= 11 is 1.39. The first-order chi connectivity index (χ1) is 17.1. The van der Waals surface area contributed by atoms with E-state index in [1.807, 2.05) is 38.1 Å². The third kappa shape index (κ3) is 5.26. The van der Waals surface area contributed by atoms with Gasteiger partial charge < -0.3 is 9.84 Å². The van der Waals surface area contributed by atoms with Crippen LogP contribution in [0.15, 0.2) is 36.4 Å². The van der Waals surface area contributed by atoms with E-state index >= 15 is 0 Å². The topological polar surface area (TPSA) is 142 Å². The number of carbonyl (C=O) groups is 1. The first kappa shape index (κ1) is 25.8. The number of benzene rings is 2. The first-order valence-electron chi connectivity index (χ1n) is 11.5. The predicted molar refractivity (Wildman–Crippen MR) is 136 cm³/mol. The molecule has 0 aliphatic heterocycles. The van der Waals surface area contributed by atoms with Crippen LogP contribution in [0.25, 0.3) is 21.1 Å². The van der Waals surface area contributed by atoms with Crippen LogP contribution in [0.2, 0.25) is 0 Å². The minimum absolute atomic E-state index is 0.0546. The highest BCUT2D eigenvalue weighted by molar-refractivity contribution is 7.90. The molecule has 2 aromatic carbocycles. The van der Waals surface area contributed by atoms with E-state index in [-0.39, 0.29) is 6.10 Å². The number of hydrogen-bond donors (Lipinski definition) is 2. The lowest BCUT2D eigenvalue weighted by molar-refractivity contribution is -0.136. The van der Waals surface area contributed by atoms with Crippen LogP contribution in [0.5, 0.6) is 5.75 Å². The molecule has 1 heterocycles. The Morgan fingerprint density at radius 1 is 1.22 bits per heavy atom. The SMILES string of the molecule is CC(C)Oc1ccc(-c2nnc(-c3cccc4c3CCCC4NS(=O)(=O)[C@@H](C)C(=O)O)s2)cc1C#N. The Bertz CT molecular complexity index is 1440. The summed E-state index contributed by atoms with van der Waals surface area (Å²) in [4.78, 5) is 11.2. The van der Waals surface area contributed by atoms with Crippen LogP contribution < -0.4 is 9.46 Å². The van der Waals surface area contributed by atoms with Crippen molar-refractivity contribution in [3.8, 4) is 33.0 Å². The van der Waals surface area contributed by atoms with Crippen molar-refractivity contribution < 1.29 is 23.1 Å². The fourth-order valence-corrected chi connectivity index (χ4v) is 6.16. The zero-order chi connectivity index (χ0) is 26.0. The molecular weight excluding hydrogens is 500 g/mol. The smallest absolute Gasteiger partial charge is 0.323 e. The largest absolute Gasteiger partial charge is 0.490 e. The second-order valence-corrected chi connectivity index (χ2v) is 11.9. The molecule has 1 aliphatic carbocycles. The second-order valence-electron chi connectivity index (χ2n) is 8.86. The number of nitriles is 1. The molecule has 2 atom stereocenters. The van der Waals surface area contributed by atoms with Crippen molar-refractivity contribution in [2.75, 3.05) is 0 Å². The number of carboxylic acid groups (broad SMARTS) is 1. The fraction of sp³-hybridized carbons (Fsp3) is 0.360. The predicted octanol–water partition coefficient (Wildman–Crippen LogP) is 4.30. The average Bonchev–Trinajstić information content (AvgIpc) is 3.33. The Morgan fingerprint density at radius 3 is 2.67 bits per heavy atom. The lowest BCUT2D eigenvalue weighted by Gasteiger charge is -2.28. The molecule has 1 aliphatic rings. The summed E-state index contributed by atoms with van der Waals surface area (Å²) in [5.74, 6) is -0.874. The summed E-state index contributed by atoms with van der Waals surface area (Å²) < 4.78 is 33.4. The summed E-state index contributed by atoms with van der Waals surface area (Å²) in [6, 6.07) is 12.6. The maximum Gasteiger partial charge on any atom is 0.323 e. The molecule has 0 fully saturated rings. The van der Waals surface area contributed by atoms with Gasteiger partial charge in [-0.15, -0.1) is 10.2 Å². The van der Waals surface area contributed by atoms with Crippen molar-refractivity contribution in [1.29, 1.82) is 5.26 Å². The van der Waals surface area contributed by atoms with Gasteiger partial charge in [-0.05, 0) is 69.4 Å². The van der Waals surface area contributed by atoms with E-state index in [0.29, 0.717) is 27.7 Å². The van der Waals surface area contributed by atoms with Crippen LogP contribution in [0, 0.1) is 11.3 Å². The van der Waals surface area contributed by atoms with E-state index in [2.05, 4.69) is 21.0 Å². The number of fused-ring (bicyclic) bond motifs is 1. The van der Waals surface area contributed by atoms with E-state index in [4.69, 9.17) is 9.84 Å². The standard InChI is InChI=1S/C25H26N4O5S2/c1-14(2)34-22-11-10-16(12-17(22)13-26)23-27-28-24(35-23)20-8-4-7-19-18(20)6-5-9-21(19)29-36(32,33)15(3)25(30)31/h4,7-8,10-12,14-15,21,29H,5-6,9H2,1-3H3,(H,30,31)/t15-,21?/m0/s1. The first-order valence-corrected chi connectivity index (χ1v) is 13.9. The quantitative estimate of drug-likeness (QED) is 0.442. The van der Waals surface area contributed by atoms with Gasteiger partial charge in [0.2, 0.25) is 10.0 Å². The number of nitrogens with zero attached hydrogens (tertiary/aromatic N) is 3. The molecule has 4 rings (SSSR count). The van der Waals surface area contributed by atoms with Gasteiger partial charge in [-0.3, -0.25) is 4.79 Å². The van der Waals surface area contributed by atoms with Crippen molar-refractivity contribution in [3.05, 3.63) is 53.1 Å². The number of aromatic nitrogens is 2. The molecule has 11 heteroatoms. The van der Waals surface area contributed by atoms with Gasteiger partial charge in [0.05, 0.1) is 11.7 Å². The molecule has 36 heavy (non-hydrogen) atoms. The van der Waals surface area contributed by atoms with Gasteiger partial charge in [-0.25, -0.2) is 13.1 Å². The molecule has 2 N–H and O–H groups in total. The molecule has 188 valence electrons. The summed E-state index contributed by atoms with van der Waals surface area (Å²) in [5.41, 5.74) is 3.83. The maximum absolute atomic E-state index is 12.6. The van der Waals surface area contributed by atoms with Gasteiger partial charge >= 0.3 is 5.97 Å². The van der Waals surface area contributed by atoms with Crippen LogP contribution in [-0.4, -0.2) is 41.0 Å². The second kappa shape index (κ2) is 10.3. The molecule has 0 amide bonds. The molecule has 0 saturated heterocycles. The maximum atomic E-state index is 12.6. The number of aliphatic carboxylic acids is 1. The third-order valence-electron chi connectivity index (χ3n) is 5.99. The number of ether oxygens (including phenoxy) is 1. The number of sulfonamides is 1. The zero-order valence-corrected chi connectivity index (χ0v) is 21.7. The Balaban J connectivity index is 1.65. The Morgan fingerprint density at radius 2 is 1.97 bits per heavy atom. The van der Waals surface area contributed by atoms with E-state index in [9.17, 15) is 18.5 Å². The number of carboxylic acids is 1. The van der Waals surface area contributed by atoms with E-state index < -0.39 is 27.3 Å². The van der Waals surface area contributed by atoms with Crippen molar-refractivity contribution >= 4 is 27.3 Å². The highest BCUT2D eigenvalue weighted by Crippen LogP contribution is 2.39. The summed E-state index contributed by atoms with van der Waals surface area (Å²) in [5, 5.41) is 27.2. The van der Waals surface area contributed by atoms with Gasteiger partial charge in [-0.2, -0.15) is 5.26 Å². The van der Waals surface area contributed by atoms with Crippen LogP contribution in [0.1, 0.15) is 56.3 Å². The lowest BCUT2D eigenvalue weighted by Crippen LogP contribution is -2.40. The van der Waals surface area contributed by atoms with Gasteiger partial charge in [0.25, 0.3) is 0 Å². The third-order valence-corrected chi connectivity index (χ3v) is 8.74. The molecule has 0 bridgehead atoms. The van der Waals surface area contributed by atoms with Gasteiger partial charge in [-0.1, -0.05) is 29.5 Å². The molecule has 9 nitrogen and oxygen atoms in total. The Hall–Kier alpha value is -3.33. The van der Waals surface area contributed by atoms with E-state index in [0.717, 1.165) is 42.0 Å². The molecular formula is C25H26N4O5S2. The monoisotopic (exact) mass is 526 g/mol. The molecule has 0 saturated carbocycles. The highest BCUT2D eigenvalue weighted by Gasteiger charge is 2.33. The average molecular weight is 527 g/mol. The number of nitrogens with one attached hydrogen (secondary N) is 1. The molecule has 3 aromatic rings. The minimum atomic E-state index is -4.04. The van der Waals surface area contributed by atoms with Gasteiger partial charge in [0.1, 0.15) is 21.8 Å². The minimum Gasteiger partial charge on any atom is -0.490 e. The van der Waals surface area contributed by atoms with Crippen LogP contribution >= 0.6 is 11.3 Å². The van der Waals surface area contributed by atoms with Crippen LogP contribution in [0.4, 0.5) is 0 Å². The summed E-state index contributed by atoms with van der Waals surface area (Å²) in [6.07, 6.45) is 2.01. The number of rotatable bonds is 8. The Kier molecular flexibility index (Phi) is 7.40. The van der Waals surface area contributed by atoms with E-state index in [1.54, 1.807) is 12.1 Å². The van der Waals surface area contributed by atoms with Crippen LogP contribution in [-0.2, 0) is 21.2 Å². The van der Waals surface area contributed by atoms with Crippen molar-refractivity contribution in [2.45, 2.75) is 57.4 Å². The Labute approximate surface area is 213 Å².